The molecule has 0 aromatic heterocycles. The van der Waals surface area contributed by atoms with Crippen LogP contribution in [0, 0.1) is 12.3 Å². The second kappa shape index (κ2) is 7.84. The average Bonchev–Trinajstić information content (AvgIpc) is 2.50. The van der Waals surface area contributed by atoms with Gasteiger partial charge in [0.15, 0.2) is 0 Å². The molecule has 1 N–H and O–H groups in total. The minimum Gasteiger partial charge on any atom is -0.379 e. The highest BCUT2D eigenvalue weighted by Crippen LogP contribution is 2.38. The van der Waals surface area contributed by atoms with E-state index in [0.717, 1.165) is 37.4 Å². The third-order valence-electron chi connectivity index (χ3n) is 4.30. The van der Waals surface area contributed by atoms with Crippen molar-refractivity contribution in [2.45, 2.75) is 39.5 Å². The van der Waals surface area contributed by atoms with Crippen LogP contribution < -0.4 is 5.32 Å². The van der Waals surface area contributed by atoms with Crippen LogP contribution in [0.15, 0.2) is 24.3 Å². The zero-order valence-corrected chi connectivity index (χ0v) is 14.4. The number of hydrogen-bond acceptors (Lipinski definition) is 4. The van der Waals surface area contributed by atoms with Crippen LogP contribution in [0.3, 0.4) is 0 Å². The molecule has 23 heavy (non-hydrogen) atoms. The summed E-state index contributed by atoms with van der Waals surface area (Å²) in [4.78, 5) is 24.3. The molecule has 2 aliphatic rings. The van der Waals surface area contributed by atoms with Crippen molar-refractivity contribution in [3.63, 3.8) is 0 Å². The fraction of sp³-hybridized carbons (Fsp3) is 0.579. The third kappa shape index (κ3) is 4.98. The predicted molar refractivity (Wildman–Crippen MR) is 90.6 cm³/mol. The van der Waals surface area contributed by atoms with E-state index in [4.69, 9.17) is 4.74 Å². The Morgan fingerprint density at radius 1 is 1.04 bits per heavy atom. The van der Waals surface area contributed by atoms with Gasteiger partial charge in [-0.25, -0.2) is 0 Å². The standard InChI is InChI=1S/C15H18O2.C4H9NO/c1-10-6-4-5-7-11(10)14-12(16)8-15(2,3)9-13(14)17;1-3-6-4-2-5-1/h4-7,14H,8-9H2,1-3H3;5H,1-4H2. The predicted octanol–water partition coefficient (Wildman–Crippen LogP) is 2.64. The van der Waals surface area contributed by atoms with E-state index in [1.54, 1.807) is 0 Å². The number of ether oxygens (including phenoxy) is 1. The van der Waals surface area contributed by atoms with Gasteiger partial charge in [0.05, 0.1) is 13.2 Å². The van der Waals surface area contributed by atoms with Gasteiger partial charge in [0.25, 0.3) is 0 Å². The number of hydrogen-bond donors (Lipinski definition) is 1. The SMILES string of the molecule is C1COCCN1.Cc1ccccc1C1C(=O)CC(C)(C)CC1=O. The monoisotopic (exact) mass is 317 g/mol. The van der Waals surface area contributed by atoms with E-state index in [9.17, 15) is 9.59 Å². The Hall–Kier alpha value is -1.52. The van der Waals surface area contributed by atoms with Gasteiger partial charge < -0.3 is 10.1 Å². The van der Waals surface area contributed by atoms with E-state index in [0.29, 0.717) is 12.8 Å². The number of morpholine rings is 1. The first-order chi connectivity index (χ1) is 10.9. The topological polar surface area (TPSA) is 55.4 Å². The van der Waals surface area contributed by atoms with Crippen LogP contribution in [0.4, 0.5) is 0 Å². The normalized spacial score (nSPS) is 21.5. The molecule has 1 aliphatic carbocycles. The van der Waals surface area contributed by atoms with E-state index in [1.165, 1.54) is 0 Å². The van der Waals surface area contributed by atoms with Crippen LogP contribution >= 0.6 is 0 Å². The highest BCUT2D eigenvalue weighted by Gasteiger charge is 2.40. The molecule has 1 aliphatic heterocycles. The summed E-state index contributed by atoms with van der Waals surface area (Å²) in [5.41, 5.74) is 1.74. The lowest BCUT2D eigenvalue weighted by molar-refractivity contribution is -0.135. The molecular weight excluding hydrogens is 290 g/mol. The zero-order chi connectivity index (χ0) is 16.9. The largest absolute Gasteiger partial charge is 0.379 e. The highest BCUT2D eigenvalue weighted by molar-refractivity contribution is 6.10. The Morgan fingerprint density at radius 3 is 2.04 bits per heavy atom. The van der Waals surface area contributed by atoms with Crippen molar-refractivity contribution in [1.82, 2.24) is 5.32 Å². The summed E-state index contributed by atoms with van der Waals surface area (Å²) in [5, 5.41) is 3.16. The molecule has 1 heterocycles. The molecule has 1 saturated carbocycles. The summed E-state index contributed by atoms with van der Waals surface area (Å²) in [7, 11) is 0. The second-order valence-electron chi connectivity index (χ2n) is 7.10. The van der Waals surface area contributed by atoms with Crippen molar-refractivity contribution in [3.8, 4) is 0 Å². The highest BCUT2D eigenvalue weighted by atomic mass is 16.5. The Bertz CT molecular complexity index is 530. The first-order valence-electron chi connectivity index (χ1n) is 8.30. The summed E-state index contributed by atoms with van der Waals surface area (Å²) < 4.78 is 5.01. The van der Waals surface area contributed by atoms with E-state index in [-0.39, 0.29) is 17.0 Å². The maximum absolute atomic E-state index is 12.2. The molecule has 0 spiro atoms. The van der Waals surface area contributed by atoms with Crippen LogP contribution in [-0.4, -0.2) is 37.9 Å². The Balaban J connectivity index is 0.000000268. The molecule has 4 heteroatoms. The van der Waals surface area contributed by atoms with E-state index >= 15 is 0 Å². The lowest BCUT2D eigenvalue weighted by Crippen LogP contribution is -2.36. The quantitative estimate of drug-likeness (QED) is 0.809. The van der Waals surface area contributed by atoms with Crippen molar-refractivity contribution in [2.75, 3.05) is 26.3 Å². The molecule has 0 amide bonds. The first-order valence-corrected chi connectivity index (χ1v) is 8.30. The molecule has 1 aromatic rings. The minimum absolute atomic E-state index is 0.0700. The fourth-order valence-corrected chi connectivity index (χ4v) is 3.16. The van der Waals surface area contributed by atoms with Crippen LogP contribution in [0.1, 0.15) is 43.7 Å². The first kappa shape index (κ1) is 17.8. The summed E-state index contributed by atoms with van der Waals surface area (Å²) >= 11 is 0. The maximum atomic E-state index is 12.2. The van der Waals surface area contributed by atoms with Crippen LogP contribution in [-0.2, 0) is 14.3 Å². The summed E-state index contributed by atoms with van der Waals surface area (Å²) in [6.07, 6.45) is 0.996. The number of rotatable bonds is 1. The molecule has 0 atom stereocenters. The molecule has 4 nitrogen and oxygen atoms in total. The zero-order valence-electron chi connectivity index (χ0n) is 14.4. The van der Waals surface area contributed by atoms with Gasteiger partial charge >= 0.3 is 0 Å². The lowest BCUT2D eigenvalue weighted by Gasteiger charge is -2.32. The van der Waals surface area contributed by atoms with Crippen molar-refractivity contribution in [2.24, 2.45) is 5.41 Å². The summed E-state index contributed by atoms with van der Waals surface area (Å²) in [6, 6.07) is 7.67. The van der Waals surface area contributed by atoms with Crippen LogP contribution in [0.25, 0.3) is 0 Å². The average molecular weight is 317 g/mol. The van der Waals surface area contributed by atoms with Crippen molar-refractivity contribution in [3.05, 3.63) is 35.4 Å². The lowest BCUT2D eigenvalue weighted by atomic mass is 9.69. The molecule has 0 unspecified atom stereocenters. The van der Waals surface area contributed by atoms with Gasteiger partial charge in [0, 0.05) is 25.9 Å². The minimum atomic E-state index is -0.524. The van der Waals surface area contributed by atoms with E-state index < -0.39 is 5.92 Å². The smallest absolute Gasteiger partial charge is 0.148 e. The number of benzene rings is 1. The number of nitrogens with one attached hydrogen (secondary N) is 1. The molecule has 1 aromatic carbocycles. The molecule has 0 radical (unpaired) electrons. The summed E-state index contributed by atoms with van der Waals surface area (Å²) in [6.45, 7) is 9.75. The second-order valence-corrected chi connectivity index (χ2v) is 7.10. The van der Waals surface area contributed by atoms with Crippen molar-refractivity contribution in [1.29, 1.82) is 0 Å². The van der Waals surface area contributed by atoms with Gasteiger partial charge in [-0.2, -0.15) is 0 Å². The van der Waals surface area contributed by atoms with Crippen molar-refractivity contribution < 1.29 is 14.3 Å². The summed E-state index contributed by atoms with van der Waals surface area (Å²) in [5.74, 6) is -0.384. The maximum Gasteiger partial charge on any atom is 0.148 e. The fourth-order valence-electron chi connectivity index (χ4n) is 3.16. The van der Waals surface area contributed by atoms with Crippen molar-refractivity contribution >= 4 is 11.6 Å². The third-order valence-corrected chi connectivity index (χ3v) is 4.30. The molecule has 3 rings (SSSR count). The number of ketones is 2. The van der Waals surface area contributed by atoms with E-state index in [1.807, 2.05) is 45.0 Å². The molecule has 0 bridgehead atoms. The molecular formula is C19H27NO3. The van der Waals surface area contributed by atoms with Crippen LogP contribution in [0.5, 0.6) is 0 Å². The molecule has 126 valence electrons. The Kier molecular flexibility index (Phi) is 6.08. The number of carbonyl (C=O) groups is 2. The van der Waals surface area contributed by atoms with Gasteiger partial charge in [-0.1, -0.05) is 38.1 Å². The Labute approximate surface area is 138 Å². The number of aryl methyl sites for hydroxylation is 1. The number of Topliss-reactive ketones (excluding diaryl/α,β-unsaturated/α-hetero) is 2. The molecule has 1 saturated heterocycles. The van der Waals surface area contributed by atoms with Gasteiger partial charge in [0.1, 0.15) is 17.5 Å². The van der Waals surface area contributed by atoms with Gasteiger partial charge in [-0.15, -0.1) is 0 Å². The van der Waals surface area contributed by atoms with Gasteiger partial charge in [-0.3, -0.25) is 9.59 Å². The van der Waals surface area contributed by atoms with Crippen LogP contribution in [0.2, 0.25) is 0 Å². The van der Waals surface area contributed by atoms with Gasteiger partial charge in [-0.05, 0) is 23.5 Å². The number of carbonyl (C=O) groups excluding carboxylic acids is 2. The van der Waals surface area contributed by atoms with E-state index in [2.05, 4.69) is 5.32 Å². The van der Waals surface area contributed by atoms with Gasteiger partial charge in [0.2, 0.25) is 0 Å². The molecule has 2 fully saturated rings. The Morgan fingerprint density at radius 2 is 1.61 bits per heavy atom.